The largest absolute Gasteiger partial charge is 0.353 e. The zero-order valence-corrected chi connectivity index (χ0v) is 11.4. The maximum absolute atomic E-state index is 11.8. The van der Waals surface area contributed by atoms with Crippen LogP contribution in [0.1, 0.15) is 44.2 Å². The molecule has 0 saturated heterocycles. The third-order valence-corrected chi connectivity index (χ3v) is 3.02. The molecule has 0 heterocycles. The molecule has 0 aliphatic carbocycles. The van der Waals surface area contributed by atoms with E-state index in [-0.39, 0.29) is 11.9 Å². The molecule has 0 aliphatic rings. The number of nitrogens with two attached hydrogens (primary N) is 1. The predicted octanol–water partition coefficient (Wildman–Crippen LogP) is 2.38. The Morgan fingerprint density at radius 1 is 1.28 bits per heavy atom. The molecule has 0 spiro atoms. The van der Waals surface area contributed by atoms with E-state index < -0.39 is 0 Å². The van der Waals surface area contributed by atoms with Crippen molar-refractivity contribution in [3.63, 3.8) is 0 Å². The molecule has 1 unspecified atom stereocenters. The van der Waals surface area contributed by atoms with Gasteiger partial charge < -0.3 is 11.1 Å². The van der Waals surface area contributed by atoms with Gasteiger partial charge in [-0.3, -0.25) is 4.79 Å². The second-order valence-corrected chi connectivity index (χ2v) is 4.81. The van der Waals surface area contributed by atoms with Crippen LogP contribution >= 0.6 is 0 Å². The summed E-state index contributed by atoms with van der Waals surface area (Å²) in [6, 6.07) is 8.16. The van der Waals surface area contributed by atoms with Crippen molar-refractivity contribution in [2.45, 2.75) is 52.1 Å². The van der Waals surface area contributed by atoms with Gasteiger partial charge in [0, 0.05) is 12.6 Å². The summed E-state index contributed by atoms with van der Waals surface area (Å²) in [5.41, 5.74) is 7.66. The number of benzene rings is 1. The van der Waals surface area contributed by atoms with Gasteiger partial charge in [-0.15, -0.1) is 0 Å². The van der Waals surface area contributed by atoms with E-state index in [0.717, 1.165) is 24.0 Å². The maximum Gasteiger partial charge on any atom is 0.224 e. The number of rotatable bonds is 7. The van der Waals surface area contributed by atoms with Gasteiger partial charge in [0.1, 0.15) is 0 Å². The Bertz CT molecular complexity index is 359. The minimum absolute atomic E-state index is 0.0964. The second-order valence-electron chi connectivity index (χ2n) is 4.81. The normalized spacial score (nSPS) is 12.2. The first-order valence-corrected chi connectivity index (χ1v) is 6.73. The van der Waals surface area contributed by atoms with Crippen molar-refractivity contribution >= 4 is 5.91 Å². The lowest BCUT2D eigenvalue weighted by Gasteiger charge is -2.13. The fourth-order valence-electron chi connectivity index (χ4n) is 1.89. The van der Waals surface area contributed by atoms with Crippen molar-refractivity contribution < 1.29 is 4.79 Å². The molecule has 100 valence electrons. The molecule has 1 rings (SSSR count). The quantitative estimate of drug-likeness (QED) is 0.778. The van der Waals surface area contributed by atoms with E-state index in [0.29, 0.717) is 13.0 Å². The molecule has 0 bridgehead atoms. The molecule has 1 atom stereocenters. The lowest BCUT2D eigenvalue weighted by atomic mass is 10.1. The van der Waals surface area contributed by atoms with E-state index in [1.165, 1.54) is 6.42 Å². The van der Waals surface area contributed by atoms with Crippen molar-refractivity contribution in [3.05, 3.63) is 35.4 Å². The van der Waals surface area contributed by atoms with E-state index in [9.17, 15) is 4.79 Å². The SMILES string of the molecule is CCCCC(C)NC(=O)Cc1ccc(CN)cc1. The first-order chi connectivity index (χ1) is 8.65. The Labute approximate surface area is 110 Å². The van der Waals surface area contributed by atoms with Crippen LogP contribution in [0.5, 0.6) is 0 Å². The molecule has 0 aromatic heterocycles. The van der Waals surface area contributed by atoms with E-state index >= 15 is 0 Å². The van der Waals surface area contributed by atoms with Crippen molar-refractivity contribution in [1.82, 2.24) is 5.32 Å². The molecule has 1 aromatic carbocycles. The molecule has 18 heavy (non-hydrogen) atoms. The van der Waals surface area contributed by atoms with Gasteiger partial charge in [0.05, 0.1) is 6.42 Å². The number of nitrogens with one attached hydrogen (secondary N) is 1. The Balaban J connectivity index is 2.39. The fourth-order valence-corrected chi connectivity index (χ4v) is 1.89. The highest BCUT2D eigenvalue weighted by molar-refractivity contribution is 5.78. The smallest absolute Gasteiger partial charge is 0.224 e. The van der Waals surface area contributed by atoms with Crippen LogP contribution in [0.15, 0.2) is 24.3 Å². The van der Waals surface area contributed by atoms with Crippen LogP contribution in [-0.2, 0) is 17.8 Å². The Morgan fingerprint density at radius 3 is 2.44 bits per heavy atom. The molecule has 0 radical (unpaired) electrons. The molecular formula is C15H24N2O. The highest BCUT2D eigenvalue weighted by Crippen LogP contribution is 2.05. The number of carbonyl (C=O) groups is 1. The number of unbranched alkanes of at least 4 members (excludes halogenated alkanes) is 1. The van der Waals surface area contributed by atoms with Gasteiger partial charge in [-0.25, -0.2) is 0 Å². The van der Waals surface area contributed by atoms with Crippen LogP contribution in [0.25, 0.3) is 0 Å². The van der Waals surface area contributed by atoms with Crippen LogP contribution in [0.4, 0.5) is 0 Å². The monoisotopic (exact) mass is 248 g/mol. The number of amides is 1. The minimum Gasteiger partial charge on any atom is -0.353 e. The van der Waals surface area contributed by atoms with E-state index in [4.69, 9.17) is 5.73 Å². The molecule has 3 N–H and O–H groups in total. The zero-order chi connectivity index (χ0) is 13.4. The first-order valence-electron chi connectivity index (χ1n) is 6.73. The van der Waals surface area contributed by atoms with Gasteiger partial charge in [-0.05, 0) is 24.5 Å². The lowest BCUT2D eigenvalue weighted by molar-refractivity contribution is -0.121. The lowest BCUT2D eigenvalue weighted by Crippen LogP contribution is -2.33. The average molecular weight is 248 g/mol. The number of hydrogen-bond acceptors (Lipinski definition) is 2. The standard InChI is InChI=1S/C15H24N2O/c1-3-4-5-12(2)17-15(18)10-13-6-8-14(11-16)9-7-13/h6-9,12H,3-5,10-11,16H2,1-2H3,(H,17,18). The second kappa shape index (κ2) is 7.88. The van der Waals surface area contributed by atoms with Crippen LogP contribution < -0.4 is 11.1 Å². The van der Waals surface area contributed by atoms with Crippen LogP contribution in [0.2, 0.25) is 0 Å². The van der Waals surface area contributed by atoms with Crippen LogP contribution in [-0.4, -0.2) is 11.9 Å². The molecular weight excluding hydrogens is 224 g/mol. The summed E-state index contributed by atoms with van der Waals surface area (Å²) in [6.07, 6.45) is 3.82. The predicted molar refractivity (Wildman–Crippen MR) is 75.2 cm³/mol. The molecule has 3 heteroatoms. The third-order valence-electron chi connectivity index (χ3n) is 3.02. The molecule has 1 amide bonds. The van der Waals surface area contributed by atoms with Crippen molar-refractivity contribution in [2.24, 2.45) is 5.73 Å². The summed E-state index contributed by atoms with van der Waals surface area (Å²) < 4.78 is 0. The van der Waals surface area contributed by atoms with Crippen LogP contribution in [0.3, 0.4) is 0 Å². The Kier molecular flexibility index (Phi) is 6.44. The highest BCUT2D eigenvalue weighted by atomic mass is 16.1. The molecule has 0 fully saturated rings. The Hall–Kier alpha value is -1.35. The number of carbonyl (C=O) groups excluding carboxylic acids is 1. The van der Waals surface area contributed by atoms with Gasteiger partial charge in [-0.2, -0.15) is 0 Å². The van der Waals surface area contributed by atoms with Crippen molar-refractivity contribution in [1.29, 1.82) is 0 Å². The zero-order valence-electron chi connectivity index (χ0n) is 11.4. The van der Waals surface area contributed by atoms with Crippen LogP contribution in [0, 0.1) is 0 Å². The summed E-state index contributed by atoms with van der Waals surface area (Å²) in [7, 11) is 0. The van der Waals surface area contributed by atoms with Gasteiger partial charge in [0.25, 0.3) is 0 Å². The molecule has 0 aliphatic heterocycles. The summed E-state index contributed by atoms with van der Waals surface area (Å²) in [4.78, 5) is 11.8. The highest BCUT2D eigenvalue weighted by Gasteiger charge is 2.07. The van der Waals surface area contributed by atoms with Gasteiger partial charge in [0.2, 0.25) is 5.91 Å². The summed E-state index contributed by atoms with van der Waals surface area (Å²) in [5.74, 6) is 0.0964. The third kappa shape index (κ3) is 5.32. The first kappa shape index (κ1) is 14.7. The van der Waals surface area contributed by atoms with E-state index in [2.05, 4.69) is 19.2 Å². The van der Waals surface area contributed by atoms with Gasteiger partial charge in [0.15, 0.2) is 0 Å². The minimum atomic E-state index is 0.0964. The van der Waals surface area contributed by atoms with E-state index in [1.54, 1.807) is 0 Å². The maximum atomic E-state index is 11.8. The summed E-state index contributed by atoms with van der Waals surface area (Å²) in [6.45, 7) is 4.76. The summed E-state index contributed by atoms with van der Waals surface area (Å²) in [5, 5.41) is 3.03. The van der Waals surface area contributed by atoms with Gasteiger partial charge in [-0.1, -0.05) is 44.0 Å². The van der Waals surface area contributed by atoms with Gasteiger partial charge >= 0.3 is 0 Å². The van der Waals surface area contributed by atoms with Crippen molar-refractivity contribution in [3.8, 4) is 0 Å². The topological polar surface area (TPSA) is 55.1 Å². The van der Waals surface area contributed by atoms with E-state index in [1.807, 2.05) is 24.3 Å². The average Bonchev–Trinajstić information content (AvgIpc) is 2.37. The number of hydrogen-bond donors (Lipinski definition) is 2. The molecule has 1 aromatic rings. The summed E-state index contributed by atoms with van der Waals surface area (Å²) >= 11 is 0. The fraction of sp³-hybridized carbons (Fsp3) is 0.533. The molecule has 0 saturated carbocycles. The van der Waals surface area contributed by atoms with Crippen molar-refractivity contribution in [2.75, 3.05) is 0 Å². The molecule has 3 nitrogen and oxygen atoms in total. The Morgan fingerprint density at radius 2 is 1.89 bits per heavy atom.